The summed E-state index contributed by atoms with van der Waals surface area (Å²) in [4.78, 5) is 15.1. The second-order valence-corrected chi connectivity index (χ2v) is 7.00. The third-order valence-electron chi connectivity index (χ3n) is 4.88. The molecule has 132 valence electrons. The first-order chi connectivity index (χ1) is 11.8. The van der Waals surface area contributed by atoms with E-state index in [0.717, 1.165) is 29.3 Å². The highest BCUT2D eigenvalue weighted by atomic mass is 16.1. The minimum absolute atomic E-state index is 0.0841. The average molecular weight is 328 g/mol. The summed E-state index contributed by atoms with van der Waals surface area (Å²) >= 11 is 0. The molecule has 1 heterocycles. The van der Waals surface area contributed by atoms with Gasteiger partial charge in [-0.2, -0.15) is 0 Å². The van der Waals surface area contributed by atoms with E-state index in [0.29, 0.717) is 0 Å². The van der Waals surface area contributed by atoms with E-state index in [9.17, 15) is 4.79 Å². The summed E-state index contributed by atoms with van der Waals surface area (Å²) in [6.07, 6.45) is 15.7. The standard InChI is InChI=1S/C22H33NO/c1-2-3-4-5-6-7-8-9-10-11-12-16-20-18-19-15-13-14-17-21(19)23-22(20)24/h13-15,17-18H,2-12,16H2,1H3,(H,23,24). The van der Waals surface area contributed by atoms with Crippen molar-refractivity contribution in [3.05, 3.63) is 46.2 Å². The van der Waals surface area contributed by atoms with Gasteiger partial charge in [0.05, 0.1) is 0 Å². The van der Waals surface area contributed by atoms with Gasteiger partial charge in [-0.15, -0.1) is 0 Å². The maximum atomic E-state index is 12.1. The normalized spacial score (nSPS) is 11.2. The van der Waals surface area contributed by atoms with Crippen LogP contribution >= 0.6 is 0 Å². The molecule has 1 aromatic heterocycles. The summed E-state index contributed by atoms with van der Waals surface area (Å²) in [7, 11) is 0. The SMILES string of the molecule is CCCCCCCCCCCCCc1cc2ccccc2[nH]c1=O. The van der Waals surface area contributed by atoms with Gasteiger partial charge in [-0.05, 0) is 30.4 Å². The zero-order valence-electron chi connectivity index (χ0n) is 15.3. The highest BCUT2D eigenvalue weighted by Gasteiger charge is 2.02. The van der Waals surface area contributed by atoms with Gasteiger partial charge < -0.3 is 4.98 Å². The predicted octanol–water partition coefficient (Wildman–Crippen LogP) is 6.38. The molecule has 1 aromatic carbocycles. The number of aromatic amines is 1. The third kappa shape index (κ3) is 6.51. The predicted molar refractivity (Wildman–Crippen MR) is 105 cm³/mol. The van der Waals surface area contributed by atoms with Gasteiger partial charge in [-0.1, -0.05) is 89.3 Å². The van der Waals surface area contributed by atoms with Crippen LogP contribution in [0.15, 0.2) is 35.1 Å². The summed E-state index contributed by atoms with van der Waals surface area (Å²) in [6.45, 7) is 2.27. The molecule has 1 N–H and O–H groups in total. The number of para-hydroxylation sites is 1. The van der Waals surface area contributed by atoms with E-state index in [-0.39, 0.29) is 5.56 Å². The lowest BCUT2D eigenvalue weighted by atomic mass is 10.0. The van der Waals surface area contributed by atoms with Gasteiger partial charge in [0.15, 0.2) is 0 Å². The van der Waals surface area contributed by atoms with E-state index in [4.69, 9.17) is 0 Å². The molecule has 0 radical (unpaired) electrons. The third-order valence-corrected chi connectivity index (χ3v) is 4.88. The molecule has 24 heavy (non-hydrogen) atoms. The van der Waals surface area contributed by atoms with Crippen molar-refractivity contribution in [2.24, 2.45) is 0 Å². The lowest BCUT2D eigenvalue weighted by Gasteiger charge is -2.04. The maximum absolute atomic E-state index is 12.1. The maximum Gasteiger partial charge on any atom is 0.251 e. The second kappa shape index (κ2) is 11.1. The van der Waals surface area contributed by atoms with E-state index in [1.165, 1.54) is 64.2 Å². The van der Waals surface area contributed by atoms with Crippen molar-refractivity contribution in [2.45, 2.75) is 84.0 Å². The largest absolute Gasteiger partial charge is 0.322 e. The summed E-state index contributed by atoms with van der Waals surface area (Å²) in [5, 5.41) is 1.13. The fourth-order valence-corrected chi connectivity index (χ4v) is 3.36. The van der Waals surface area contributed by atoms with Gasteiger partial charge in [0.25, 0.3) is 5.56 Å². The van der Waals surface area contributed by atoms with Gasteiger partial charge in [-0.3, -0.25) is 4.79 Å². The Bertz CT molecular complexity index is 644. The van der Waals surface area contributed by atoms with Crippen LogP contribution in [0.2, 0.25) is 0 Å². The quantitative estimate of drug-likeness (QED) is 0.451. The number of pyridine rings is 1. The van der Waals surface area contributed by atoms with Crippen molar-refractivity contribution in [1.29, 1.82) is 0 Å². The van der Waals surface area contributed by atoms with Crippen molar-refractivity contribution in [3.8, 4) is 0 Å². The summed E-state index contributed by atoms with van der Waals surface area (Å²) < 4.78 is 0. The van der Waals surface area contributed by atoms with E-state index in [1.807, 2.05) is 18.2 Å². The van der Waals surface area contributed by atoms with E-state index < -0.39 is 0 Å². The molecule has 0 aliphatic heterocycles. The average Bonchev–Trinajstić information content (AvgIpc) is 2.60. The molecule has 2 nitrogen and oxygen atoms in total. The Kier molecular flexibility index (Phi) is 8.65. The van der Waals surface area contributed by atoms with E-state index in [2.05, 4.69) is 24.0 Å². The van der Waals surface area contributed by atoms with Gasteiger partial charge in [0.2, 0.25) is 0 Å². The molecule has 0 aliphatic carbocycles. The van der Waals surface area contributed by atoms with Crippen molar-refractivity contribution in [1.82, 2.24) is 4.98 Å². The van der Waals surface area contributed by atoms with Gasteiger partial charge in [0.1, 0.15) is 0 Å². The molecule has 0 amide bonds. The fourth-order valence-electron chi connectivity index (χ4n) is 3.36. The first-order valence-electron chi connectivity index (χ1n) is 9.92. The molecular weight excluding hydrogens is 294 g/mol. The van der Waals surface area contributed by atoms with E-state index >= 15 is 0 Å². The number of benzene rings is 1. The number of hydrogen-bond donors (Lipinski definition) is 1. The Hall–Kier alpha value is -1.57. The fraction of sp³-hybridized carbons (Fsp3) is 0.591. The van der Waals surface area contributed by atoms with Gasteiger partial charge in [0, 0.05) is 11.1 Å². The van der Waals surface area contributed by atoms with Gasteiger partial charge in [-0.25, -0.2) is 0 Å². The molecule has 0 unspecified atom stereocenters. The Morgan fingerprint density at radius 1 is 0.792 bits per heavy atom. The number of aromatic nitrogens is 1. The number of fused-ring (bicyclic) bond motifs is 1. The summed E-state index contributed by atoms with van der Waals surface area (Å²) in [5.74, 6) is 0. The molecule has 0 aliphatic rings. The number of H-pyrrole nitrogens is 1. The topological polar surface area (TPSA) is 32.9 Å². The van der Waals surface area contributed by atoms with Crippen molar-refractivity contribution >= 4 is 10.9 Å². The molecule has 0 saturated carbocycles. The zero-order valence-corrected chi connectivity index (χ0v) is 15.3. The minimum atomic E-state index is 0.0841. The monoisotopic (exact) mass is 327 g/mol. The van der Waals surface area contributed by atoms with Crippen molar-refractivity contribution in [2.75, 3.05) is 0 Å². The first-order valence-corrected chi connectivity index (χ1v) is 9.92. The number of nitrogens with one attached hydrogen (secondary N) is 1. The molecule has 0 bridgehead atoms. The Balaban J connectivity index is 1.58. The van der Waals surface area contributed by atoms with Crippen LogP contribution in [0.4, 0.5) is 0 Å². The molecule has 0 saturated heterocycles. The summed E-state index contributed by atoms with van der Waals surface area (Å²) in [6, 6.07) is 10.1. The summed E-state index contributed by atoms with van der Waals surface area (Å²) in [5.41, 5.74) is 1.95. The van der Waals surface area contributed by atoms with Crippen LogP contribution in [0, 0.1) is 0 Å². The number of aryl methyl sites for hydroxylation is 1. The molecule has 0 fully saturated rings. The lowest BCUT2D eigenvalue weighted by molar-refractivity contribution is 0.549. The molecule has 2 rings (SSSR count). The van der Waals surface area contributed by atoms with Crippen LogP contribution < -0.4 is 5.56 Å². The van der Waals surface area contributed by atoms with Crippen LogP contribution in [0.1, 0.15) is 83.1 Å². The Morgan fingerprint density at radius 3 is 2.04 bits per heavy atom. The number of hydrogen-bond acceptors (Lipinski definition) is 1. The van der Waals surface area contributed by atoms with Crippen LogP contribution in [0.5, 0.6) is 0 Å². The van der Waals surface area contributed by atoms with Crippen molar-refractivity contribution in [3.63, 3.8) is 0 Å². The van der Waals surface area contributed by atoms with Gasteiger partial charge >= 0.3 is 0 Å². The van der Waals surface area contributed by atoms with Crippen LogP contribution in [-0.4, -0.2) is 4.98 Å². The van der Waals surface area contributed by atoms with Crippen LogP contribution in [0.25, 0.3) is 10.9 Å². The molecule has 0 spiro atoms. The highest BCUT2D eigenvalue weighted by Crippen LogP contribution is 2.14. The Morgan fingerprint density at radius 2 is 1.38 bits per heavy atom. The lowest BCUT2D eigenvalue weighted by Crippen LogP contribution is -2.12. The van der Waals surface area contributed by atoms with E-state index in [1.54, 1.807) is 0 Å². The van der Waals surface area contributed by atoms with Crippen molar-refractivity contribution < 1.29 is 0 Å². The molecule has 2 heteroatoms. The molecule has 2 aromatic rings. The number of rotatable bonds is 12. The molecular formula is C22H33NO. The zero-order chi connectivity index (χ0) is 17.0. The smallest absolute Gasteiger partial charge is 0.251 e. The first kappa shape index (κ1) is 18.8. The second-order valence-electron chi connectivity index (χ2n) is 7.00. The van der Waals surface area contributed by atoms with Crippen LogP contribution in [-0.2, 0) is 6.42 Å². The van der Waals surface area contributed by atoms with Crippen LogP contribution in [0.3, 0.4) is 0 Å². The minimum Gasteiger partial charge on any atom is -0.322 e. The number of unbranched alkanes of at least 4 members (excludes halogenated alkanes) is 10. The Labute approximate surface area is 146 Å². The molecule has 0 atom stereocenters. The highest BCUT2D eigenvalue weighted by molar-refractivity contribution is 5.78.